The van der Waals surface area contributed by atoms with Gasteiger partial charge in [-0.15, -0.1) is 0 Å². The van der Waals surface area contributed by atoms with E-state index in [9.17, 15) is 9.59 Å². The predicted molar refractivity (Wildman–Crippen MR) is 69.5 cm³/mol. The van der Waals surface area contributed by atoms with Gasteiger partial charge in [-0.2, -0.15) is 0 Å². The number of rotatable bonds is 5. The van der Waals surface area contributed by atoms with E-state index < -0.39 is 5.97 Å². The Balaban J connectivity index is 2.35. The van der Waals surface area contributed by atoms with Crippen molar-refractivity contribution in [3.05, 3.63) is 0 Å². The molecule has 1 unspecified atom stereocenters. The van der Waals surface area contributed by atoms with Crippen molar-refractivity contribution in [3.8, 4) is 0 Å². The van der Waals surface area contributed by atoms with Crippen molar-refractivity contribution in [2.24, 2.45) is 0 Å². The largest absolute Gasteiger partial charge is 0.481 e. The highest BCUT2D eigenvalue weighted by Gasteiger charge is 2.23. The summed E-state index contributed by atoms with van der Waals surface area (Å²) < 4.78 is 0. The van der Waals surface area contributed by atoms with E-state index in [1.54, 1.807) is 0 Å². The van der Waals surface area contributed by atoms with E-state index in [1.807, 2.05) is 4.90 Å². The molecule has 1 saturated heterocycles. The van der Waals surface area contributed by atoms with Crippen molar-refractivity contribution in [2.75, 3.05) is 13.1 Å². The standard InChI is InChI=1S/C13H24N2O3/c1-2-11-7-4-3-5-10-15(11)13(18)14-9-6-8-12(16)17/h11H,2-10H2,1H3,(H,14,18)(H,16,17). The van der Waals surface area contributed by atoms with E-state index in [2.05, 4.69) is 12.2 Å². The number of carboxylic acid groups (broad SMARTS) is 1. The Morgan fingerprint density at radius 2 is 2.11 bits per heavy atom. The van der Waals surface area contributed by atoms with Crippen LogP contribution in [0, 0.1) is 0 Å². The van der Waals surface area contributed by atoms with E-state index in [1.165, 1.54) is 12.8 Å². The molecule has 0 aromatic rings. The van der Waals surface area contributed by atoms with Gasteiger partial charge >= 0.3 is 12.0 Å². The van der Waals surface area contributed by atoms with Crippen molar-refractivity contribution >= 4 is 12.0 Å². The Hall–Kier alpha value is -1.26. The topological polar surface area (TPSA) is 69.6 Å². The van der Waals surface area contributed by atoms with Gasteiger partial charge in [0.2, 0.25) is 0 Å². The molecule has 0 spiro atoms. The molecule has 0 aromatic carbocycles. The SMILES string of the molecule is CCC1CCCCCN1C(=O)NCCCC(=O)O. The van der Waals surface area contributed by atoms with Gasteiger partial charge in [-0.1, -0.05) is 19.8 Å². The Labute approximate surface area is 109 Å². The normalized spacial score (nSPS) is 20.3. The molecular weight excluding hydrogens is 232 g/mol. The van der Waals surface area contributed by atoms with Crippen LogP contribution in [0.2, 0.25) is 0 Å². The first-order valence-electron chi connectivity index (χ1n) is 6.91. The van der Waals surface area contributed by atoms with Crippen molar-refractivity contribution in [1.29, 1.82) is 0 Å². The summed E-state index contributed by atoms with van der Waals surface area (Å²) in [6, 6.07) is 0.307. The van der Waals surface area contributed by atoms with Crippen molar-refractivity contribution in [1.82, 2.24) is 10.2 Å². The maximum atomic E-state index is 12.0. The Kier molecular flexibility index (Phi) is 6.54. The highest BCUT2D eigenvalue weighted by Crippen LogP contribution is 2.18. The Bertz CT molecular complexity index is 281. The molecule has 104 valence electrons. The molecule has 1 fully saturated rings. The number of carbonyl (C=O) groups excluding carboxylic acids is 1. The lowest BCUT2D eigenvalue weighted by Gasteiger charge is -2.29. The molecule has 0 radical (unpaired) electrons. The molecule has 0 aromatic heterocycles. The molecule has 0 bridgehead atoms. The van der Waals surface area contributed by atoms with Crippen LogP contribution in [0.25, 0.3) is 0 Å². The number of carboxylic acids is 1. The number of likely N-dealkylation sites (tertiary alicyclic amines) is 1. The second-order valence-corrected chi connectivity index (χ2v) is 4.83. The molecule has 2 amide bonds. The van der Waals surface area contributed by atoms with E-state index in [0.717, 1.165) is 25.8 Å². The summed E-state index contributed by atoms with van der Waals surface area (Å²) in [6.07, 6.45) is 6.13. The summed E-state index contributed by atoms with van der Waals surface area (Å²) in [4.78, 5) is 24.3. The lowest BCUT2D eigenvalue weighted by atomic mass is 10.1. The quantitative estimate of drug-likeness (QED) is 0.741. The van der Waals surface area contributed by atoms with Crippen molar-refractivity contribution in [3.63, 3.8) is 0 Å². The van der Waals surface area contributed by atoms with Crippen molar-refractivity contribution < 1.29 is 14.7 Å². The molecular formula is C13H24N2O3. The Morgan fingerprint density at radius 3 is 2.78 bits per heavy atom. The van der Waals surface area contributed by atoms with E-state index in [0.29, 0.717) is 19.0 Å². The van der Waals surface area contributed by atoms with Crippen LogP contribution in [0.1, 0.15) is 51.9 Å². The van der Waals surface area contributed by atoms with E-state index in [-0.39, 0.29) is 12.5 Å². The first-order valence-corrected chi connectivity index (χ1v) is 6.91. The van der Waals surface area contributed by atoms with Crippen molar-refractivity contribution in [2.45, 2.75) is 57.9 Å². The average molecular weight is 256 g/mol. The molecule has 5 nitrogen and oxygen atoms in total. The number of carbonyl (C=O) groups is 2. The van der Waals surface area contributed by atoms with Crippen LogP contribution in [0.15, 0.2) is 0 Å². The predicted octanol–water partition coefficient (Wildman–Crippen LogP) is 2.22. The Morgan fingerprint density at radius 1 is 1.33 bits per heavy atom. The van der Waals surface area contributed by atoms with Crippen LogP contribution in [-0.4, -0.2) is 41.1 Å². The van der Waals surface area contributed by atoms with Gasteiger partial charge in [0, 0.05) is 25.6 Å². The number of aliphatic carboxylic acids is 1. The molecule has 0 saturated carbocycles. The van der Waals surface area contributed by atoms with E-state index in [4.69, 9.17) is 5.11 Å². The first kappa shape index (κ1) is 14.8. The molecule has 0 aliphatic carbocycles. The highest BCUT2D eigenvalue weighted by atomic mass is 16.4. The first-order chi connectivity index (χ1) is 8.65. The summed E-state index contributed by atoms with van der Waals surface area (Å²) in [7, 11) is 0. The molecule has 1 rings (SSSR count). The zero-order chi connectivity index (χ0) is 13.4. The fourth-order valence-corrected chi connectivity index (χ4v) is 2.41. The van der Waals surface area contributed by atoms with Crippen LogP contribution in [0.4, 0.5) is 4.79 Å². The number of nitrogens with one attached hydrogen (secondary N) is 1. The highest BCUT2D eigenvalue weighted by molar-refractivity contribution is 5.74. The number of amides is 2. The van der Waals surface area contributed by atoms with Gasteiger partial charge in [0.1, 0.15) is 0 Å². The number of nitrogens with zero attached hydrogens (tertiary/aromatic N) is 1. The lowest BCUT2D eigenvalue weighted by Crippen LogP contribution is -2.46. The second kappa shape index (κ2) is 7.95. The molecule has 1 atom stereocenters. The maximum Gasteiger partial charge on any atom is 0.317 e. The van der Waals surface area contributed by atoms with Crippen LogP contribution < -0.4 is 5.32 Å². The third-order valence-corrected chi connectivity index (χ3v) is 3.45. The fourth-order valence-electron chi connectivity index (χ4n) is 2.41. The van der Waals surface area contributed by atoms with Gasteiger partial charge in [0.15, 0.2) is 0 Å². The van der Waals surface area contributed by atoms with Crippen LogP contribution >= 0.6 is 0 Å². The monoisotopic (exact) mass is 256 g/mol. The minimum atomic E-state index is -0.814. The summed E-state index contributed by atoms with van der Waals surface area (Å²) in [5.41, 5.74) is 0. The molecule has 2 N–H and O–H groups in total. The minimum Gasteiger partial charge on any atom is -0.481 e. The van der Waals surface area contributed by atoms with Gasteiger partial charge in [-0.3, -0.25) is 4.79 Å². The van der Waals surface area contributed by atoms with Crippen LogP contribution in [0.3, 0.4) is 0 Å². The molecule has 5 heteroatoms. The maximum absolute atomic E-state index is 12.0. The minimum absolute atomic E-state index is 0.0332. The van der Waals surface area contributed by atoms with Gasteiger partial charge < -0.3 is 15.3 Å². The molecule has 1 heterocycles. The average Bonchev–Trinajstić information content (AvgIpc) is 2.59. The van der Waals surface area contributed by atoms with Gasteiger partial charge in [-0.05, 0) is 25.7 Å². The third-order valence-electron chi connectivity index (χ3n) is 3.45. The third kappa shape index (κ3) is 4.94. The summed E-state index contributed by atoms with van der Waals surface area (Å²) >= 11 is 0. The smallest absolute Gasteiger partial charge is 0.317 e. The van der Waals surface area contributed by atoms with Crippen LogP contribution in [-0.2, 0) is 4.79 Å². The number of hydrogen-bond donors (Lipinski definition) is 2. The summed E-state index contributed by atoms with van der Waals surface area (Å²) in [5.74, 6) is -0.814. The van der Waals surface area contributed by atoms with E-state index >= 15 is 0 Å². The summed E-state index contributed by atoms with van der Waals surface area (Å²) in [5, 5.41) is 11.3. The lowest BCUT2D eigenvalue weighted by molar-refractivity contribution is -0.137. The molecule has 1 aliphatic rings. The number of hydrogen-bond acceptors (Lipinski definition) is 2. The number of urea groups is 1. The second-order valence-electron chi connectivity index (χ2n) is 4.83. The van der Waals surface area contributed by atoms with Gasteiger partial charge in [-0.25, -0.2) is 4.79 Å². The zero-order valence-electron chi connectivity index (χ0n) is 11.2. The van der Waals surface area contributed by atoms with Gasteiger partial charge in [0.25, 0.3) is 0 Å². The summed E-state index contributed by atoms with van der Waals surface area (Å²) in [6.45, 7) is 3.38. The fraction of sp³-hybridized carbons (Fsp3) is 0.846. The van der Waals surface area contributed by atoms with Crippen LogP contribution in [0.5, 0.6) is 0 Å². The molecule has 1 aliphatic heterocycles. The van der Waals surface area contributed by atoms with Gasteiger partial charge in [0.05, 0.1) is 0 Å². The zero-order valence-corrected chi connectivity index (χ0v) is 11.2. The molecule has 18 heavy (non-hydrogen) atoms.